The van der Waals surface area contributed by atoms with Gasteiger partial charge in [-0.1, -0.05) is 36.8 Å². The van der Waals surface area contributed by atoms with E-state index < -0.39 is 0 Å². The fourth-order valence-corrected chi connectivity index (χ4v) is 1.83. The fourth-order valence-electron chi connectivity index (χ4n) is 1.83. The minimum atomic E-state index is 0.523. The van der Waals surface area contributed by atoms with Crippen LogP contribution in [0.4, 0.5) is 5.69 Å². The van der Waals surface area contributed by atoms with E-state index in [1.807, 2.05) is 0 Å². The standard InChI is InChI=1S/C12H15N/c1-3-11-9(2)8-10-6-4-5-7-12(10)13-11/h4-8,11,13H,3H2,1-2H3. The zero-order valence-corrected chi connectivity index (χ0v) is 8.17. The molecule has 2 rings (SSSR count). The van der Waals surface area contributed by atoms with Crippen LogP contribution in [0.25, 0.3) is 6.08 Å². The Hall–Kier alpha value is -1.24. The molecule has 1 N–H and O–H groups in total. The van der Waals surface area contributed by atoms with Gasteiger partial charge in [0.2, 0.25) is 0 Å². The third kappa shape index (κ3) is 1.46. The summed E-state index contributed by atoms with van der Waals surface area (Å²) in [6, 6.07) is 8.97. The van der Waals surface area contributed by atoms with Gasteiger partial charge in [-0.3, -0.25) is 0 Å². The average Bonchev–Trinajstić information content (AvgIpc) is 2.17. The van der Waals surface area contributed by atoms with E-state index >= 15 is 0 Å². The SMILES string of the molecule is CCC1Nc2ccccc2C=C1C. The maximum atomic E-state index is 3.53. The molecule has 0 bridgehead atoms. The summed E-state index contributed by atoms with van der Waals surface area (Å²) < 4.78 is 0. The van der Waals surface area contributed by atoms with Gasteiger partial charge in [-0.15, -0.1) is 0 Å². The van der Waals surface area contributed by atoms with Gasteiger partial charge in [0, 0.05) is 11.7 Å². The largest absolute Gasteiger partial charge is 0.378 e. The second kappa shape index (κ2) is 3.25. The van der Waals surface area contributed by atoms with Crippen molar-refractivity contribution in [3.8, 4) is 0 Å². The monoisotopic (exact) mass is 173 g/mol. The van der Waals surface area contributed by atoms with E-state index in [-0.39, 0.29) is 0 Å². The topological polar surface area (TPSA) is 12.0 Å². The summed E-state index contributed by atoms with van der Waals surface area (Å²) in [5.41, 5.74) is 4.01. The number of para-hydroxylation sites is 1. The molecule has 1 aliphatic rings. The van der Waals surface area contributed by atoms with Crippen molar-refractivity contribution >= 4 is 11.8 Å². The molecular weight excluding hydrogens is 158 g/mol. The molecular formula is C12H15N. The number of nitrogens with one attached hydrogen (secondary N) is 1. The molecule has 1 heteroatoms. The Bertz CT molecular complexity index is 339. The van der Waals surface area contributed by atoms with Crippen molar-refractivity contribution in [2.45, 2.75) is 26.3 Å². The second-order valence-electron chi connectivity index (χ2n) is 3.58. The predicted octanol–water partition coefficient (Wildman–Crippen LogP) is 3.29. The molecule has 1 aliphatic heterocycles. The highest BCUT2D eigenvalue weighted by atomic mass is 14.9. The lowest BCUT2D eigenvalue weighted by Gasteiger charge is -2.25. The quantitative estimate of drug-likeness (QED) is 0.687. The van der Waals surface area contributed by atoms with E-state index in [1.54, 1.807) is 0 Å². The first-order valence-corrected chi connectivity index (χ1v) is 4.85. The van der Waals surface area contributed by atoms with E-state index in [1.165, 1.54) is 16.8 Å². The van der Waals surface area contributed by atoms with Crippen LogP contribution in [0.5, 0.6) is 0 Å². The van der Waals surface area contributed by atoms with Gasteiger partial charge in [0.05, 0.1) is 0 Å². The van der Waals surface area contributed by atoms with Gasteiger partial charge in [-0.25, -0.2) is 0 Å². The number of rotatable bonds is 1. The van der Waals surface area contributed by atoms with Crippen molar-refractivity contribution in [2.24, 2.45) is 0 Å². The number of hydrogen-bond acceptors (Lipinski definition) is 1. The Balaban J connectivity index is 2.40. The molecule has 1 unspecified atom stereocenters. The average molecular weight is 173 g/mol. The van der Waals surface area contributed by atoms with E-state index in [0.29, 0.717) is 6.04 Å². The first-order chi connectivity index (χ1) is 6.31. The molecule has 1 nitrogen and oxygen atoms in total. The Morgan fingerprint density at radius 2 is 2.08 bits per heavy atom. The van der Waals surface area contributed by atoms with Crippen LogP contribution in [0.2, 0.25) is 0 Å². The molecule has 1 aromatic rings. The molecule has 0 radical (unpaired) electrons. The molecule has 0 aromatic heterocycles. The summed E-state index contributed by atoms with van der Waals surface area (Å²) in [7, 11) is 0. The minimum absolute atomic E-state index is 0.523. The second-order valence-corrected chi connectivity index (χ2v) is 3.58. The summed E-state index contributed by atoms with van der Waals surface area (Å²) in [5, 5.41) is 3.53. The van der Waals surface area contributed by atoms with Gasteiger partial charge >= 0.3 is 0 Å². The molecule has 13 heavy (non-hydrogen) atoms. The van der Waals surface area contributed by atoms with Crippen LogP contribution in [0.3, 0.4) is 0 Å². The summed E-state index contributed by atoms with van der Waals surface area (Å²) >= 11 is 0. The smallest absolute Gasteiger partial charge is 0.0471 e. The van der Waals surface area contributed by atoms with E-state index in [9.17, 15) is 0 Å². The zero-order valence-electron chi connectivity index (χ0n) is 8.17. The van der Waals surface area contributed by atoms with Crippen molar-refractivity contribution < 1.29 is 0 Å². The highest BCUT2D eigenvalue weighted by Gasteiger charge is 2.14. The lowest BCUT2D eigenvalue weighted by molar-refractivity contribution is 0.787. The lowest BCUT2D eigenvalue weighted by Crippen LogP contribution is -2.22. The highest BCUT2D eigenvalue weighted by molar-refractivity contribution is 5.72. The van der Waals surface area contributed by atoms with E-state index in [4.69, 9.17) is 0 Å². The van der Waals surface area contributed by atoms with Crippen molar-refractivity contribution in [1.82, 2.24) is 0 Å². The molecule has 1 aromatic carbocycles. The molecule has 1 heterocycles. The van der Waals surface area contributed by atoms with Crippen LogP contribution in [0.15, 0.2) is 29.8 Å². The molecule has 68 valence electrons. The number of anilines is 1. The molecule has 0 spiro atoms. The van der Waals surface area contributed by atoms with Crippen LogP contribution < -0.4 is 5.32 Å². The third-order valence-corrected chi connectivity index (χ3v) is 2.63. The Morgan fingerprint density at radius 1 is 1.31 bits per heavy atom. The van der Waals surface area contributed by atoms with Gasteiger partial charge in [0.1, 0.15) is 0 Å². The van der Waals surface area contributed by atoms with Crippen molar-refractivity contribution in [2.75, 3.05) is 5.32 Å². The molecule has 0 saturated carbocycles. The van der Waals surface area contributed by atoms with E-state index in [0.717, 1.165) is 6.42 Å². The van der Waals surface area contributed by atoms with Crippen LogP contribution in [0.1, 0.15) is 25.8 Å². The Kier molecular flexibility index (Phi) is 2.09. The Labute approximate surface area is 79.5 Å². The highest BCUT2D eigenvalue weighted by Crippen LogP contribution is 2.27. The molecule has 1 atom stereocenters. The van der Waals surface area contributed by atoms with Crippen molar-refractivity contribution in [3.63, 3.8) is 0 Å². The van der Waals surface area contributed by atoms with Gasteiger partial charge in [0.15, 0.2) is 0 Å². The lowest BCUT2D eigenvalue weighted by atomic mass is 9.97. The zero-order chi connectivity index (χ0) is 9.26. The van der Waals surface area contributed by atoms with Crippen molar-refractivity contribution in [3.05, 3.63) is 35.4 Å². The van der Waals surface area contributed by atoms with Crippen molar-refractivity contribution in [1.29, 1.82) is 0 Å². The normalized spacial score (nSPS) is 20.2. The first-order valence-electron chi connectivity index (χ1n) is 4.85. The maximum Gasteiger partial charge on any atom is 0.0471 e. The predicted molar refractivity (Wildman–Crippen MR) is 57.8 cm³/mol. The van der Waals surface area contributed by atoms with Gasteiger partial charge in [-0.05, 0) is 25.0 Å². The van der Waals surface area contributed by atoms with Gasteiger partial charge < -0.3 is 5.32 Å². The van der Waals surface area contributed by atoms with E-state index in [2.05, 4.69) is 49.5 Å². The van der Waals surface area contributed by atoms with Crippen LogP contribution in [-0.2, 0) is 0 Å². The summed E-state index contributed by atoms with van der Waals surface area (Å²) in [4.78, 5) is 0. The van der Waals surface area contributed by atoms with Crippen LogP contribution >= 0.6 is 0 Å². The first kappa shape index (κ1) is 8.36. The summed E-state index contributed by atoms with van der Waals surface area (Å²) in [5.74, 6) is 0. The molecule has 0 aliphatic carbocycles. The Morgan fingerprint density at radius 3 is 2.85 bits per heavy atom. The van der Waals surface area contributed by atoms with Gasteiger partial charge in [0.25, 0.3) is 0 Å². The molecule has 0 amide bonds. The summed E-state index contributed by atoms with van der Waals surface area (Å²) in [6.45, 7) is 4.40. The fraction of sp³-hybridized carbons (Fsp3) is 0.333. The number of benzene rings is 1. The third-order valence-electron chi connectivity index (χ3n) is 2.63. The minimum Gasteiger partial charge on any atom is -0.378 e. The number of fused-ring (bicyclic) bond motifs is 1. The molecule has 0 fully saturated rings. The summed E-state index contributed by atoms with van der Waals surface area (Å²) in [6.07, 6.45) is 3.43. The van der Waals surface area contributed by atoms with Crippen LogP contribution in [0, 0.1) is 0 Å². The molecule has 0 saturated heterocycles. The van der Waals surface area contributed by atoms with Crippen LogP contribution in [-0.4, -0.2) is 6.04 Å². The maximum absolute atomic E-state index is 3.53. The number of hydrogen-bond donors (Lipinski definition) is 1. The van der Waals surface area contributed by atoms with Gasteiger partial charge in [-0.2, -0.15) is 0 Å².